The number of carbonyl (C=O) groups is 2. The monoisotopic (exact) mass is 557 g/mol. The zero-order chi connectivity index (χ0) is 28.1. The number of hydrogen-bond acceptors (Lipinski definition) is 5. The van der Waals surface area contributed by atoms with Crippen LogP contribution >= 0.6 is 11.3 Å². The fourth-order valence-corrected chi connectivity index (χ4v) is 7.55. The number of aromatic nitrogens is 1. The Morgan fingerprint density at radius 1 is 1.00 bits per heavy atom. The number of ether oxygens (including phenoxy) is 1. The maximum atomic E-state index is 13.2. The number of cyclic esters (lactones) is 1. The molecule has 210 valence electrons. The van der Waals surface area contributed by atoms with Crippen molar-refractivity contribution in [1.29, 1.82) is 0 Å². The van der Waals surface area contributed by atoms with Gasteiger partial charge in [0.05, 0.1) is 16.7 Å². The molecule has 0 saturated carbocycles. The number of amides is 2. The van der Waals surface area contributed by atoms with Gasteiger partial charge in [0.2, 0.25) is 5.91 Å². The lowest BCUT2D eigenvalue weighted by Gasteiger charge is -2.42. The Morgan fingerprint density at radius 2 is 1.70 bits per heavy atom. The van der Waals surface area contributed by atoms with E-state index in [4.69, 9.17) is 9.72 Å². The zero-order valence-electron chi connectivity index (χ0n) is 24.0. The van der Waals surface area contributed by atoms with E-state index in [1.54, 1.807) is 16.2 Å². The van der Waals surface area contributed by atoms with Crippen molar-refractivity contribution >= 4 is 23.3 Å². The summed E-state index contributed by atoms with van der Waals surface area (Å²) in [5.41, 5.74) is 6.55. The van der Waals surface area contributed by atoms with Crippen molar-refractivity contribution in [3.8, 4) is 11.3 Å². The van der Waals surface area contributed by atoms with Crippen LogP contribution in [-0.2, 0) is 20.4 Å². The number of thiazole rings is 1. The molecule has 3 aromatic rings. The van der Waals surface area contributed by atoms with E-state index in [0.717, 1.165) is 29.1 Å². The smallest absolute Gasteiger partial charge is 0.410 e. The van der Waals surface area contributed by atoms with E-state index >= 15 is 0 Å². The second-order valence-corrected chi connectivity index (χ2v) is 13.8. The largest absolute Gasteiger partial charge is 0.447 e. The molecular formula is C33H39N3O3S. The lowest BCUT2D eigenvalue weighted by atomic mass is 9.63. The molecule has 1 unspecified atom stereocenters. The Bertz CT molecular complexity index is 1410. The van der Waals surface area contributed by atoms with Crippen LogP contribution in [0.5, 0.6) is 0 Å². The standard InChI is InChI=1S/C33H39N3O3S/c1-32(2)14-15-33(3,4)26-18-24(10-11-25(26)32)27-21-40-30(34-27)23-12-16-35(17-13-23)29(37)19-36-28(20-39-31(36)38)22-8-6-5-7-9-22/h5-11,18,21,23,28H,12-17,19-20H2,1-4H3. The third-order valence-electron chi connectivity index (χ3n) is 9.33. The van der Waals surface area contributed by atoms with E-state index in [1.165, 1.54) is 29.5 Å². The summed E-state index contributed by atoms with van der Waals surface area (Å²) in [4.78, 5) is 34.1. The molecule has 2 aliphatic heterocycles. The summed E-state index contributed by atoms with van der Waals surface area (Å²) in [5, 5.41) is 3.35. The van der Waals surface area contributed by atoms with Crippen LogP contribution in [0.1, 0.15) is 87.0 Å². The second kappa shape index (κ2) is 10.3. The molecule has 6 rings (SSSR count). The Kier molecular flexibility index (Phi) is 6.97. The summed E-state index contributed by atoms with van der Waals surface area (Å²) in [6, 6.07) is 16.5. The first-order valence-corrected chi connectivity index (χ1v) is 15.4. The van der Waals surface area contributed by atoms with E-state index in [2.05, 4.69) is 51.3 Å². The van der Waals surface area contributed by atoms with Gasteiger partial charge in [0.25, 0.3) is 0 Å². The van der Waals surface area contributed by atoms with Gasteiger partial charge in [-0.2, -0.15) is 0 Å². The minimum absolute atomic E-state index is 0.0161. The van der Waals surface area contributed by atoms with Crippen LogP contribution in [0.2, 0.25) is 0 Å². The van der Waals surface area contributed by atoms with Crippen molar-refractivity contribution in [2.45, 2.75) is 76.2 Å². The average molecular weight is 558 g/mol. The molecular weight excluding hydrogens is 518 g/mol. The molecule has 0 radical (unpaired) electrons. The van der Waals surface area contributed by atoms with Gasteiger partial charge in [-0.3, -0.25) is 9.69 Å². The van der Waals surface area contributed by atoms with Crippen LogP contribution in [0.15, 0.2) is 53.9 Å². The first kappa shape index (κ1) is 27.0. The molecule has 1 atom stereocenters. The maximum Gasteiger partial charge on any atom is 0.410 e. The number of likely N-dealkylation sites (tertiary alicyclic amines) is 1. The van der Waals surface area contributed by atoms with Crippen molar-refractivity contribution in [1.82, 2.24) is 14.8 Å². The van der Waals surface area contributed by atoms with Gasteiger partial charge in [0, 0.05) is 30.0 Å². The first-order valence-electron chi connectivity index (χ1n) is 14.5. The number of nitrogens with zero attached hydrogens (tertiary/aromatic N) is 3. The highest BCUT2D eigenvalue weighted by atomic mass is 32.1. The van der Waals surface area contributed by atoms with Crippen LogP contribution in [0.4, 0.5) is 4.79 Å². The predicted molar refractivity (Wildman–Crippen MR) is 159 cm³/mol. The highest BCUT2D eigenvalue weighted by Gasteiger charge is 2.38. The van der Waals surface area contributed by atoms with Crippen molar-refractivity contribution < 1.29 is 14.3 Å². The number of carbonyl (C=O) groups excluding carboxylic acids is 2. The minimum atomic E-state index is -0.415. The number of benzene rings is 2. The molecule has 7 heteroatoms. The van der Waals surface area contributed by atoms with Gasteiger partial charge >= 0.3 is 6.09 Å². The molecule has 0 bridgehead atoms. The van der Waals surface area contributed by atoms with Crippen molar-refractivity contribution in [3.63, 3.8) is 0 Å². The van der Waals surface area contributed by atoms with E-state index in [9.17, 15) is 9.59 Å². The lowest BCUT2D eigenvalue weighted by molar-refractivity contribution is -0.133. The van der Waals surface area contributed by atoms with E-state index in [0.29, 0.717) is 19.0 Å². The fourth-order valence-electron chi connectivity index (χ4n) is 6.55. The van der Waals surface area contributed by atoms with Gasteiger partial charge in [-0.15, -0.1) is 11.3 Å². The fraction of sp³-hybridized carbons (Fsp3) is 0.485. The van der Waals surface area contributed by atoms with E-state index < -0.39 is 6.09 Å². The topological polar surface area (TPSA) is 62.7 Å². The molecule has 3 heterocycles. The molecule has 0 N–H and O–H groups in total. The Balaban J connectivity index is 1.10. The number of fused-ring (bicyclic) bond motifs is 1. The van der Waals surface area contributed by atoms with Gasteiger partial charge in [-0.05, 0) is 59.3 Å². The summed E-state index contributed by atoms with van der Waals surface area (Å²) in [7, 11) is 0. The van der Waals surface area contributed by atoms with Gasteiger partial charge in [-0.25, -0.2) is 9.78 Å². The molecule has 2 aromatic carbocycles. The Labute approximate surface area is 241 Å². The lowest BCUT2D eigenvalue weighted by Crippen LogP contribution is -2.44. The third-order valence-corrected chi connectivity index (χ3v) is 10.3. The van der Waals surface area contributed by atoms with Gasteiger partial charge in [0.15, 0.2) is 0 Å². The Morgan fingerprint density at radius 3 is 2.42 bits per heavy atom. The van der Waals surface area contributed by atoms with Crippen molar-refractivity contribution in [2.75, 3.05) is 26.2 Å². The molecule has 2 amide bonds. The van der Waals surface area contributed by atoms with Gasteiger partial charge < -0.3 is 9.64 Å². The molecule has 1 aromatic heterocycles. The SMILES string of the molecule is CC1(C)CCC(C)(C)c2cc(-c3csc(C4CCN(C(=O)CN5C(=O)OCC5c5ccccc5)CC4)n3)ccc21. The molecule has 2 fully saturated rings. The quantitative estimate of drug-likeness (QED) is 0.337. The van der Waals surface area contributed by atoms with Gasteiger partial charge in [-0.1, -0.05) is 70.2 Å². The van der Waals surface area contributed by atoms with E-state index in [-0.39, 0.29) is 35.9 Å². The van der Waals surface area contributed by atoms with Crippen LogP contribution in [0, 0.1) is 0 Å². The molecule has 2 saturated heterocycles. The van der Waals surface area contributed by atoms with Crippen molar-refractivity contribution in [2.24, 2.45) is 0 Å². The number of hydrogen-bond donors (Lipinski definition) is 0. The second-order valence-electron chi connectivity index (χ2n) is 12.9. The summed E-state index contributed by atoms with van der Waals surface area (Å²) in [6.45, 7) is 11.1. The molecule has 40 heavy (non-hydrogen) atoms. The maximum absolute atomic E-state index is 13.2. The zero-order valence-corrected chi connectivity index (χ0v) is 24.8. The third kappa shape index (κ3) is 5.05. The molecule has 3 aliphatic rings. The summed E-state index contributed by atoms with van der Waals surface area (Å²) < 4.78 is 5.30. The average Bonchev–Trinajstić information content (AvgIpc) is 3.59. The summed E-state index contributed by atoms with van der Waals surface area (Å²) >= 11 is 1.74. The molecule has 0 spiro atoms. The Hall–Kier alpha value is -3.19. The highest BCUT2D eigenvalue weighted by molar-refractivity contribution is 7.10. The summed E-state index contributed by atoms with van der Waals surface area (Å²) in [5.74, 6) is 0.335. The van der Waals surface area contributed by atoms with Crippen LogP contribution < -0.4 is 0 Å². The van der Waals surface area contributed by atoms with E-state index in [1.807, 2.05) is 35.2 Å². The first-order chi connectivity index (χ1) is 19.1. The summed E-state index contributed by atoms with van der Waals surface area (Å²) in [6.07, 6.45) is 3.76. The van der Waals surface area contributed by atoms with Crippen LogP contribution in [0.3, 0.4) is 0 Å². The number of rotatable bonds is 5. The normalized spacial score (nSPS) is 22.2. The van der Waals surface area contributed by atoms with Gasteiger partial charge in [0.1, 0.15) is 13.2 Å². The highest BCUT2D eigenvalue weighted by Crippen LogP contribution is 2.47. The van der Waals surface area contributed by atoms with Crippen molar-refractivity contribution in [3.05, 3.63) is 75.6 Å². The molecule has 6 nitrogen and oxygen atoms in total. The minimum Gasteiger partial charge on any atom is -0.447 e. The number of piperidine rings is 1. The van der Waals surface area contributed by atoms with Crippen LogP contribution in [-0.4, -0.2) is 53.0 Å². The predicted octanol–water partition coefficient (Wildman–Crippen LogP) is 7.06. The van der Waals surface area contributed by atoms with Crippen LogP contribution in [0.25, 0.3) is 11.3 Å². The molecule has 1 aliphatic carbocycles.